The van der Waals surface area contributed by atoms with Crippen molar-refractivity contribution in [2.24, 2.45) is 7.05 Å². The predicted molar refractivity (Wildman–Crippen MR) is 158 cm³/mol. The van der Waals surface area contributed by atoms with E-state index in [1.165, 1.54) is 6.07 Å². The highest BCUT2D eigenvalue weighted by molar-refractivity contribution is 5.82. The van der Waals surface area contributed by atoms with Crippen LogP contribution in [0.15, 0.2) is 85.1 Å². The van der Waals surface area contributed by atoms with Crippen LogP contribution in [0.2, 0.25) is 0 Å². The van der Waals surface area contributed by atoms with Gasteiger partial charge >= 0.3 is 0 Å². The number of hydrogen-bond acceptors (Lipinski definition) is 7. The molecule has 1 aliphatic rings. The number of carbonyl (C=O) groups is 1. The number of aryl methyl sites for hydroxylation is 1. The minimum absolute atomic E-state index is 0.0165. The smallest absolute Gasteiger partial charge is 0.208 e. The van der Waals surface area contributed by atoms with Gasteiger partial charge in [0.25, 0.3) is 0 Å². The van der Waals surface area contributed by atoms with Gasteiger partial charge in [-0.25, -0.2) is 9.37 Å². The van der Waals surface area contributed by atoms with Crippen molar-refractivity contribution in [3.63, 3.8) is 0 Å². The van der Waals surface area contributed by atoms with Gasteiger partial charge in [0.05, 0.1) is 36.4 Å². The number of nitrogens with zero attached hydrogens (tertiary/aromatic N) is 3. The van der Waals surface area contributed by atoms with Gasteiger partial charge in [-0.2, -0.15) is 0 Å². The number of carbonyl (C=O) groups excluding carboxylic acids is 1. The number of aromatic nitrogens is 3. The lowest BCUT2D eigenvalue weighted by molar-refractivity contribution is -0.123. The molecule has 2 aromatic heterocycles. The topological polar surface area (TPSA) is 87.5 Å². The zero-order chi connectivity index (χ0) is 28.9. The van der Waals surface area contributed by atoms with Gasteiger partial charge in [-0.05, 0) is 53.9 Å². The number of anilines is 2. The van der Waals surface area contributed by atoms with Gasteiger partial charge in [0, 0.05) is 43.6 Å². The van der Waals surface area contributed by atoms with E-state index in [1.807, 2.05) is 66.2 Å². The first kappa shape index (κ1) is 27.6. The number of hydrogen-bond donors (Lipinski definition) is 1. The molecule has 42 heavy (non-hydrogen) atoms. The summed E-state index contributed by atoms with van der Waals surface area (Å²) in [5, 5.41) is 3.32. The Morgan fingerprint density at radius 3 is 2.76 bits per heavy atom. The highest BCUT2D eigenvalue weighted by atomic mass is 19.1. The lowest BCUT2D eigenvalue weighted by Crippen LogP contribution is -2.12. The molecule has 1 atom stereocenters. The first-order chi connectivity index (χ1) is 20.5. The number of nitrogens with one attached hydrogen (secondary N) is 1. The van der Waals surface area contributed by atoms with Crippen molar-refractivity contribution >= 4 is 28.5 Å². The Balaban J connectivity index is 1.10. The largest absolute Gasteiger partial charge is 0.457 e. The van der Waals surface area contributed by atoms with Crippen molar-refractivity contribution < 1.29 is 23.4 Å². The Hall–Kier alpha value is -4.60. The number of Topliss-reactive ketones (excluding diaryl/α,β-unsaturated/α-hetero) is 1. The molecule has 1 saturated heterocycles. The van der Waals surface area contributed by atoms with Crippen LogP contribution in [-0.2, 0) is 34.3 Å². The first-order valence-electron chi connectivity index (χ1n) is 13.9. The molecule has 6 rings (SSSR count). The van der Waals surface area contributed by atoms with Crippen LogP contribution in [0.25, 0.3) is 11.0 Å². The van der Waals surface area contributed by atoms with Gasteiger partial charge < -0.3 is 24.1 Å². The fourth-order valence-electron chi connectivity index (χ4n) is 5.06. The molecule has 0 bridgehead atoms. The second-order valence-electron chi connectivity index (χ2n) is 10.3. The van der Waals surface area contributed by atoms with Crippen LogP contribution in [0, 0.1) is 5.82 Å². The molecule has 1 aliphatic heterocycles. The molecule has 1 fully saturated rings. The van der Waals surface area contributed by atoms with Gasteiger partial charge in [0.15, 0.2) is 5.78 Å². The predicted octanol–water partition coefficient (Wildman–Crippen LogP) is 6.48. The van der Waals surface area contributed by atoms with E-state index < -0.39 is 0 Å². The summed E-state index contributed by atoms with van der Waals surface area (Å²) >= 11 is 0. The van der Waals surface area contributed by atoms with Crippen molar-refractivity contribution in [1.29, 1.82) is 0 Å². The van der Waals surface area contributed by atoms with E-state index in [0.29, 0.717) is 48.5 Å². The van der Waals surface area contributed by atoms with E-state index in [-0.39, 0.29) is 30.5 Å². The summed E-state index contributed by atoms with van der Waals surface area (Å²) in [6.07, 6.45) is 2.59. The summed E-state index contributed by atoms with van der Waals surface area (Å²) in [5.74, 6) is 1.58. The molecule has 0 saturated carbocycles. The number of ketones is 1. The third-order valence-corrected chi connectivity index (χ3v) is 7.25. The van der Waals surface area contributed by atoms with Crippen LogP contribution in [0.5, 0.6) is 11.5 Å². The maximum atomic E-state index is 14.5. The number of imidazole rings is 1. The number of benzene rings is 3. The average molecular weight is 567 g/mol. The van der Waals surface area contributed by atoms with Crippen LogP contribution in [0.4, 0.5) is 16.0 Å². The van der Waals surface area contributed by atoms with Gasteiger partial charge in [-0.15, -0.1) is 0 Å². The summed E-state index contributed by atoms with van der Waals surface area (Å²) in [5.41, 5.74) is 4.69. The molecule has 1 N–H and O–H groups in total. The van der Waals surface area contributed by atoms with Crippen molar-refractivity contribution in [3.05, 3.63) is 108 Å². The number of pyridine rings is 1. The molecule has 0 spiro atoms. The van der Waals surface area contributed by atoms with Crippen LogP contribution in [0.1, 0.15) is 29.2 Å². The number of fused-ring (bicyclic) bond motifs is 1. The van der Waals surface area contributed by atoms with Crippen molar-refractivity contribution in [2.75, 3.05) is 25.1 Å². The van der Waals surface area contributed by atoms with E-state index in [1.54, 1.807) is 24.4 Å². The summed E-state index contributed by atoms with van der Waals surface area (Å²) in [7, 11) is 1.92. The fourth-order valence-corrected chi connectivity index (χ4v) is 5.06. The molecule has 3 heterocycles. The quantitative estimate of drug-likeness (QED) is 0.196. The van der Waals surface area contributed by atoms with Crippen LogP contribution >= 0.6 is 0 Å². The van der Waals surface area contributed by atoms with Gasteiger partial charge in [-0.1, -0.05) is 30.3 Å². The molecule has 1 unspecified atom stereocenters. The molecule has 0 radical (unpaired) electrons. The SMILES string of the molecule is Cn1c(Nc2ccc(F)c(C3CCOC3)c2)nc2cc(Oc3ccnc(CC(=O)COCc4ccccc4)c3)ccc21. The van der Waals surface area contributed by atoms with Crippen molar-refractivity contribution in [3.8, 4) is 11.5 Å². The molecule has 3 aromatic carbocycles. The molecular formula is C33H31FN4O4. The van der Waals surface area contributed by atoms with E-state index in [0.717, 1.165) is 28.7 Å². The molecule has 9 heteroatoms. The Kier molecular flexibility index (Phi) is 8.21. The average Bonchev–Trinajstić information content (AvgIpc) is 3.63. The Labute approximate surface area is 243 Å². The van der Waals surface area contributed by atoms with Crippen LogP contribution < -0.4 is 10.1 Å². The zero-order valence-electron chi connectivity index (χ0n) is 23.3. The summed E-state index contributed by atoms with van der Waals surface area (Å²) in [6.45, 7) is 1.59. The fraction of sp³-hybridized carbons (Fsp3) is 0.242. The minimum atomic E-state index is -0.220. The highest BCUT2D eigenvalue weighted by Crippen LogP contribution is 2.32. The number of halogens is 1. The van der Waals surface area contributed by atoms with E-state index in [4.69, 9.17) is 19.2 Å². The maximum Gasteiger partial charge on any atom is 0.208 e. The summed E-state index contributed by atoms with van der Waals surface area (Å²) in [4.78, 5) is 21.5. The summed E-state index contributed by atoms with van der Waals surface area (Å²) in [6, 6.07) is 23.9. The van der Waals surface area contributed by atoms with Crippen molar-refractivity contribution in [1.82, 2.24) is 14.5 Å². The minimum Gasteiger partial charge on any atom is -0.457 e. The van der Waals surface area contributed by atoms with Gasteiger partial charge in [0.2, 0.25) is 5.95 Å². The molecule has 0 aliphatic carbocycles. The first-order valence-corrected chi connectivity index (χ1v) is 13.9. The Bertz CT molecular complexity index is 1700. The Morgan fingerprint density at radius 2 is 1.93 bits per heavy atom. The second kappa shape index (κ2) is 12.5. The zero-order valence-corrected chi connectivity index (χ0v) is 23.3. The summed E-state index contributed by atoms with van der Waals surface area (Å²) < 4.78 is 33.5. The lowest BCUT2D eigenvalue weighted by atomic mass is 9.97. The van der Waals surface area contributed by atoms with Gasteiger partial charge in [-0.3, -0.25) is 9.78 Å². The lowest BCUT2D eigenvalue weighted by Gasteiger charge is -2.12. The highest BCUT2D eigenvalue weighted by Gasteiger charge is 2.21. The monoisotopic (exact) mass is 566 g/mol. The number of ether oxygens (including phenoxy) is 3. The van der Waals surface area contributed by atoms with E-state index in [2.05, 4.69) is 10.3 Å². The van der Waals surface area contributed by atoms with E-state index >= 15 is 0 Å². The van der Waals surface area contributed by atoms with Crippen LogP contribution in [-0.4, -0.2) is 40.1 Å². The third kappa shape index (κ3) is 6.48. The maximum absolute atomic E-state index is 14.5. The Morgan fingerprint density at radius 1 is 1.07 bits per heavy atom. The van der Waals surface area contributed by atoms with Gasteiger partial charge in [0.1, 0.15) is 23.9 Å². The molecule has 5 aromatic rings. The molecule has 8 nitrogen and oxygen atoms in total. The molecule has 214 valence electrons. The van der Waals surface area contributed by atoms with Crippen LogP contribution in [0.3, 0.4) is 0 Å². The number of rotatable bonds is 11. The van der Waals surface area contributed by atoms with E-state index in [9.17, 15) is 9.18 Å². The van der Waals surface area contributed by atoms with Crippen molar-refractivity contribution in [2.45, 2.75) is 25.4 Å². The normalized spacial score (nSPS) is 14.8. The standard InChI is InChI=1S/C33H31FN4O4/c1-38-32-10-8-27(18-31(32)37-33(38)36-24-7-9-30(34)29(17-24)23-12-14-40-20-23)42-28-11-13-35-25(16-28)15-26(39)21-41-19-22-5-3-2-4-6-22/h2-11,13,16-18,23H,12,14-15,19-21H2,1H3,(H,36,37). The third-order valence-electron chi connectivity index (χ3n) is 7.25. The molecule has 0 amide bonds. The second-order valence-corrected chi connectivity index (χ2v) is 10.3. The molecular weight excluding hydrogens is 535 g/mol.